The Morgan fingerprint density at radius 1 is 1.27 bits per heavy atom. The number of hydrogen-bond acceptors (Lipinski definition) is 3. The van der Waals surface area contributed by atoms with Gasteiger partial charge in [0.25, 0.3) is 5.91 Å². The first kappa shape index (κ1) is 16.3. The number of benzene rings is 1. The Morgan fingerprint density at radius 3 is 2.77 bits per heavy atom. The van der Waals surface area contributed by atoms with Crippen molar-refractivity contribution < 1.29 is 4.79 Å². The minimum atomic E-state index is -0.258. The summed E-state index contributed by atoms with van der Waals surface area (Å²) in [6.45, 7) is 0.671. The first-order valence-corrected chi connectivity index (χ1v) is 7.38. The van der Waals surface area contributed by atoms with Crippen LogP contribution >= 0.6 is 23.2 Å². The van der Waals surface area contributed by atoms with Gasteiger partial charge in [-0.15, -0.1) is 0 Å². The average molecular weight is 334 g/mol. The molecular formula is C16H13Cl2N3O. The highest BCUT2D eigenvalue weighted by Gasteiger charge is 2.19. The van der Waals surface area contributed by atoms with E-state index >= 15 is 0 Å². The fraction of sp³-hybridized carbons (Fsp3) is 0.188. The Bertz CT molecular complexity index is 698. The largest absolute Gasteiger partial charge is 0.333 e. The van der Waals surface area contributed by atoms with E-state index in [9.17, 15) is 4.79 Å². The lowest BCUT2D eigenvalue weighted by Crippen LogP contribution is -2.31. The molecule has 0 aliphatic carbocycles. The van der Waals surface area contributed by atoms with Crippen molar-refractivity contribution >= 4 is 29.1 Å². The van der Waals surface area contributed by atoms with Crippen molar-refractivity contribution in [3.63, 3.8) is 0 Å². The highest BCUT2D eigenvalue weighted by Crippen LogP contribution is 2.27. The summed E-state index contributed by atoms with van der Waals surface area (Å²) < 4.78 is 0. The zero-order chi connectivity index (χ0) is 15.9. The average Bonchev–Trinajstić information content (AvgIpc) is 2.54. The lowest BCUT2D eigenvalue weighted by molar-refractivity contribution is 0.0747. The molecular weight excluding hydrogens is 321 g/mol. The maximum Gasteiger partial charge on any atom is 0.255 e. The maximum atomic E-state index is 12.7. The molecule has 0 N–H and O–H groups in total. The van der Waals surface area contributed by atoms with Crippen molar-refractivity contribution in [1.29, 1.82) is 5.26 Å². The van der Waals surface area contributed by atoms with E-state index in [-0.39, 0.29) is 17.4 Å². The molecule has 0 spiro atoms. The highest BCUT2D eigenvalue weighted by molar-refractivity contribution is 6.43. The minimum Gasteiger partial charge on any atom is -0.333 e. The molecule has 0 aliphatic rings. The van der Waals surface area contributed by atoms with E-state index in [4.69, 9.17) is 28.5 Å². The van der Waals surface area contributed by atoms with Gasteiger partial charge < -0.3 is 4.90 Å². The van der Waals surface area contributed by atoms with Crippen LogP contribution in [0.3, 0.4) is 0 Å². The number of carbonyl (C=O) groups excluding carboxylic acids is 1. The molecule has 0 radical (unpaired) electrons. The molecule has 112 valence electrons. The molecule has 6 heteroatoms. The molecule has 2 rings (SSSR count). The van der Waals surface area contributed by atoms with Gasteiger partial charge in [-0.25, -0.2) is 0 Å². The molecule has 0 bridgehead atoms. The van der Waals surface area contributed by atoms with Crippen LogP contribution in [0.2, 0.25) is 10.0 Å². The number of pyridine rings is 1. The van der Waals surface area contributed by atoms with Crippen molar-refractivity contribution in [2.45, 2.75) is 13.0 Å². The summed E-state index contributed by atoms with van der Waals surface area (Å²) in [7, 11) is 0. The molecule has 0 saturated heterocycles. The maximum absolute atomic E-state index is 12.7. The topological polar surface area (TPSA) is 57.0 Å². The summed E-state index contributed by atoms with van der Waals surface area (Å²) in [5, 5.41) is 9.34. The summed E-state index contributed by atoms with van der Waals surface area (Å²) in [6.07, 6.45) is 3.59. The zero-order valence-corrected chi connectivity index (χ0v) is 13.2. The van der Waals surface area contributed by atoms with Crippen molar-refractivity contribution in [2.75, 3.05) is 6.54 Å². The summed E-state index contributed by atoms with van der Waals surface area (Å²) in [4.78, 5) is 18.3. The smallest absolute Gasteiger partial charge is 0.255 e. The van der Waals surface area contributed by atoms with Crippen LogP contribution in [0.5, 0.6) is 0 Å². The zero-order valence-electron chi connectivity index (χ0n) is 11.7. The Labute approximate surface area is 138 Å². The Hall–Kier alpha value is -2.09. The number of carbonyl (C=O) groups is 1. The predicted molar refractivity (Wildman–Crippen MR) is 85.7 cm³/mol. The molecule has 0 aliphatic heterocycles. The summed E-state index contributed by atoms with van der Waals surface area (Å²) in [6, 6.07) is 10.6. The van der Waals surface area contributed by atoms with Crippen molar-refractivity contribution in [2.24, 2.45) is 0 Å². The lowest BCUT2D eigenvalue weighted by atomic mass is 10.1. The lowest BCUT2D eigenvalue weighted by Gasteiger charge is -2.22. The number of nitriles is 1. The Morgan fingerprint density at radius 2 is 2.09 bits per heavy atom. The summed E-state index contributed by atoms with van der Waals surface area (Å²) in [5.74, 6) is -0.258. The van der Waals surface area contributed by atoms with Gasteiger partial charge in [0.15, 0.2) is 0 Å². The van der Waals surface area contributed by atoms with Crippen molar-refractivity contribution in [1.82, 2.24) is 9.88 Å². The van der Waals surface area contributed by atoms with Gasteiger partial charge in [0.2, 0.25) is 0 Å². The van der Waals surface area contributed by atoms with E-state index in [2.05, 4.69) is 4.98 Å². The van der Waals surface area contributed by atoms with Crippen LogP contribution in [-0.2, 0) is 6.54 Å². The van der Waals surface area contributed by atoms with E-state index in [0.29, 0.717) is 23.7 Å². The van der Waals surface area contributed by atoms with Crippen LogP contribution in [0.4, 0.5) is 0 Å². The van der Waals surface area contributed by atoms with Gasteiger partial charge in [-0.2, -0.15) is 5.26 Å². The summed E-state index contributed by atoms with van der Waals surface area (Å²) >= 11 is 12.1. The highest BCUT2D eigenvalue weighted by atomic mass is 35.5. The second-order valence-corrected chi connectivity index (χ2v) is 5.38. The number of aromatic nitrogens is 1. The SMILES string of the molecule is N#CCCN(Cc1cccnc1)C(=O)c1cccc(Cl)c1Cl. The van der Waals surface area contributed by atoms with E-state index in [1.165, 1.54) is 0 Å². The third-order valence-corrected chi connectivity index (χ3v) is 3.88. The second-order valence-electron chi connectivity index (χ2n) is 4.60. The van der Waals surface area contributed by atoms with Gasteiger partial charge in [0.1, 0.15) is 0 Å². The monoisotopic (exact) mass is 333 g/mol. The van der Waals surface area contributed by atoms with Gasteiger partial charge in [0.05, 0.1) is 28.1 Å². The number of halogens is 2. The minimum absolute atomic E-state index is 0.224. The van der Waals surface area contributed by atoms with Crippen LogP contribution < -0.4 is 0 Å². The van der Waals surface area contributed by atoms with E-state index in [0.717, 1.165) is 5.56 Å². The quantitative estimate of drug-likeness (QED) is 0.832. The third-order valence-electron chi connectivity index (χ3n) is 3.06. The van der Waals surface area contributed by atoms with E-state index in [1.54, 1.807) is 41.6 Å². The number of nitrogens with zero attached hydrogens (tertiary/aromatic N) is 3. The van der Waals surface area contributed by atoms with Gasteiger partial charge in [0, 0.05) is 25.5 Å². The molecule has 1 aromatic carbocycles. The van der Waals surface area contributed by atoms with Gasteiger partial charge >= 0.3 is 0 Å². The fourth-order valence-electron chi connectivity index (χ4n) is 1.99. The fourth-order valence-corrected chi connectivity index (χ4v) is 2.37. The first-order chi connectivity index (χ1) is 10.6. The molecule has 0 saturated carbocycles. The summed E-state index contributed by atoms with van der Waals surface area (Å²) in [5.41, 5.74) is 1.21. The standard InChI is InChI=1S/C16H13Cl2N3O/c17-14-6-1-5-13(15(14)18)16(22)21(9-3-7-19)11-12-4-2-8-20-10-12/h1-2,4-6,8,10H,3,9,11H2. The molecule has 1 heterocycles. The molecule has 0 unspecified atom stereocenters. The third kappa shape index (κ3) is 3.97. The molecule has 0 fully saturated rings. The van der Waals surface area contributed by atoms with Crippen molar-refractivity contribution in [3.05, 3.63) is 63.9 Å². The van der Waals surface area contributed by atoms with E-state index in [1.807, 2.05) is 12.1 Å². The van der Waals surface area contributed by atoms with Crippen LogP contribution in [0.1, 0.15) is 22.3 Å². The van der Waals surface area contributed by atoms with Crippen LogP contribution in [0, 0.1) is 11.3 Å². The Balaban J connectivity index is 2.26. The molecule has 4 nitrogen and oxygen atoms in total. The molecule has 0 atom stereocenters. The van der Waals surface area contributed by atoms with Crippen molar-refractivity contribution in [3.8, 4) is 6.07 Å². The number of rotatable bonds is 5. The van der Waals surface area contributed by atoms with Crippen LogP contribution in [0.25, 0.3) is 0 Å². The normalized spacial score (nSPS) is 10.0. The second kappa shape index (κ2) is 7.79. The molecule has 1 amide bonds. The molecule has 2 aromatic rings. The Kier molecular flexibility index (Phi) is 5.76. The van der Waals surface area contributed by atoms with Gasteiger partial charge in [-0.1, -0.05) is 35.3 Å². The predicted octanol–water partition coefficient (Wildman–Crippen LogP) is 3.94. The first-order valence-electron chi connectivity index (χ1n) is 6.62. The van der Waals surface area contributed by atoms with E-state index < -0.39 is 0 Å². The van der Waals surface area contributed by atoms with Crippen LogP contribution in [0.15, 0.2) is 42.7 Å². The number of amides is 1. The van der Waals surface area contributed by atoms with Gasteiger partial charge in [-0.05, 0) is 23.8 Å². The number of hydrogen-bond donors (Lipinski definition) is 0. The molecule has 1 aromatic heterocycles. The van der Waals surface area contributed by atoms with Crippen LogP contribution in [-0.4, -0.2) is 22.3 Å². The molecule has 22 heavy (non-hydrogen) atoms. The van der Waals surface area contributed by atoms with Gasteiger partial charge in [-0.3, -0.25) is 9.78 Å².